The Bertz CT molecular complexity index is 1060. The lowest BCUT2D eigenvalue weighted by molar-refractivity contribution is -0.297. The highest BCUT2D eigenvalue weighted by molar-refractivity contribution is 7.85. The number of allylic oxidation sites excluding steroid dienone is 4. The van der Waals surface area contributed by atoms with E-state index in [9.17, 15) is 37.9 Å². The smallest absolute Gasteiger partial charge is 0.306 e. The Balaban J connectivity index is 2.52. The van der Waals surface area contributed by atoms with E-state index in [1.807, 2.05) is 0 Å². The van der Waals surface area contributed by atoms with Crippen molar-refractivity contribution in [2.45, 2.75) is 185 Å². The Hall–Kier alpha value is -1.87. The van der Waals surface area contributed by atoms with Crippen LogP contribution in [-0.4, -0.2) is 96.0 Å². The van der Waals surface area contributed by atoms with Gasteiger partial charge in [0.2, 0.25) is 0 Å². The second kappa shape index (κ2) is 29.6. The number of carbonyl (C=O) groups is 2. The Morgan fingerprint density at radius 2 is 1.18 bits per heavy atom. The molecule has 1 rings (SSSR count). The molecule has 0 spiro atoms. The van der Waals surface area contributed by atoms with Gasteiger partial charge in [0.25, 0.3) is 10.1 Å². The normalized spacial score (nSPS) is 21.7. The van der Waals surface area contributed by atoms with Gasteiger partial charge in [0.1, 0.15) is 36.8 Å². The van der Waals surface area contributed by atoms with E-state index in [0.29, 0.717) is 12.8 Å². The molecule has 0 saturated carbocycles. The van der Waals surface area contributed by atoms with Crippen LogP contribution in [0.3, 0.4) is 0 Å². The summed E-state index contributed by atoms with van der Waals surface area (Å²) in [7, 11) is -4.60. The average Bonchev–Trinajstić information content (AvgIpc) is 3.09. The third-order valence-corrected chi connectivity index (χ3v) is 9.53. The van der Waals surface area contributed by atoms with Crippen molar-refractivity contribution in [2.24, 2.45) is 0 Å². The summed E-state index contributed by atoms with van der Waals surface area (Å²) in [4.78, 5) is 25.1. The van der Waals surface area contributed by atoms with E-state index in [1.165, 1.54) is 64.2 Å². The summed E-state index contributed by atoms with van der Waals surface area (Å²) in [5.74, 6) is -2.03. The van der Waals surface area contributed by atoms with E-state index in [0.717, 1.165) is 44.9 Å². The van der Waals surface area contributed by atoms with Crippen LogP contribution in [0.4, 0.5) is 0 Å². The first-order valence-electron chi connectivity index (χ1n) is 19.4. The number of hydrogen-bond acceptors (Lipinski definition) is 11. The molecule has 1 fully saturated rings. The molecular formula is C38H68O12S. The first-order chi connectivity index (χ1) is 24.5. The molecule has 2 unspecified atom stereocenters. The van der Waals surface area contributed by atoms with Crippen LogP contribution in [0.2, 0.25) is 0 Å². The zero-order chi connectivity index (χ0) is 37.7. The van der Waals surface area contributed by atoms with Crippen molar-refractivity contribution in [1.29, 1.82) is 0 Å². The van der Waals surface area contributed by atoms with E-state index in [-0.39, 0.29) is 19.4 Å². The van der Waals surface area contributed by atoms with E-state index >= 15 is 0 Å². The fourth-order valence-electron chi connectivity index (χ4n) is 5.70. The predicted molar refractivity (Wildman–Crippen MR) is 196 cm³/mol. The molecule has 1 aliphatic rings. The second-order valence-electron chi connectivity index (χ2n) is 13.6. The van der Waals surface area contributed by atoms with Crippen molar-refractivity contribution >= 4 is 22.1 Å². The van der Waals surface area contributed by atoms with Gasteiger partial charge in [-0.1, -0.05) is 115 Å². The summed E-state index contributed by atoms with van der Waals surface area (Å²) in [5, 5.41) is 30.7. The molecule has 0 aromatic heterocycles. The average molecular weight is 749 g/mol. The van der Waals surface area contributed by atoms with Crippen LogP contribution in [0.1, 0.15) is 149 Å². The molecule has 0 bridgehead atoms. The standard InChI is InChI=1S/C38H68O12S/c1-3-5-7-9-11-13-14-15-16-17-18-19-21-22-24-26-33(39)47-28-31(49-34(40)27-25-23-20-12-10-8-6-4-2)29-48-38-37(43)36(42)35(41)32(50-38)30-51(44,45)46/h15-16,18-19,31-32,35-38,41-43H,3-14,17,20-30H2,1-2H3,(H,44,45,46)/b16-15+,19-18+/t31-,32-,35-,36?,37?,38+/m1/s1. The monoisotopic (exact) mass is 748 g/mol. The van der Waals surface area contributed by atoms with E-state index in [2.05, 4.69) is 38.2 Å². The molecule has 298 valence electrons. The summed E-state index contributed by atoms with van der Waals surface area (Å²) in [6, 6.07) is 0. The summed E-state index contributed by atoms with van der Waals surface area (Å²) in [5.41, 5.74) is 0. The highest BCUT2D eigenvalue weighted by atomic mass is 32.2. The topological polar surface area (TPSA) is 186 Å². The largest absolute Gasteiger partial charge is 0.462 e. The first kappa shape index (κ1) is 47.2. The van der Waals surface area contributed by atoms with Gasteiger partial charge in [0.15, 0.2) is 12.4 Å². The minimum atomic E-state index is -4.60. The second-order valence-corrected chi connectivity index (χ2v) is 15.1. The van der Waals surface area contributed by atoms with Gasteiger partial charge >= 0.3 is 11.9 Å². The Morgan fingerprint density at radius 1 is 0.667 bits per heavy atom. The van der Waals surface area contributed by atoms with E-state index in [1.54, 1.807) is 0 Å². The lowest BCUT2D eigenvalue weighted by atomic mass is 10.00. The summed E-state index contributed by atoms with van der Waals surface area (Å²) in [6.45, 7) is 3.65. The van der Waals surface area contributed by atoms with Gasteiger partial charge in [-0.25, -0.2) is 0 Å². The van der Waals surface area contributed by atoms with Gasteiger partial charge in [-0.05, 0) is 44.9 Å². The van der Waals surface area contributed by atoms with Gasteiger partial charge < -0.3 is 34.3 Å². The van der Waals surface area contributed by atoms with Gasteiger partial charge in [-0.2, -0.15) is 8.42 Å². The summed E-state index contributed by atoms with van der Waals surface area (Å²) >= 11 is 0. The van der Waals surface area contributed by atoms with Crippen molar-refractivity contribution in [3.05, 3.63) is 24.3 Å². The van der Waals surface area contributed by atoms with Crippen LogP contribution in [0.25, 0.3) is 0 Å². The van der Waals surface area contributed by atoms with E-state index < -0.39 is 71.2 Å². The number of aliphatic hydroxyl groups excluding tert-OH is 3. The molecule has 0 aromatic carbocycles. The Labute approximate surface area is 307 Å². The zero-order valence-electron chi connectivity index (χ0n) is 31.2. The lowest BCUT2D eigenvalue weighted by Crippen LogP contribution is -2.60. The molecule has 0 amide bonds. The van der Waals surface area contributed by atoms with Crippen molar-refractivity contribution < 1.29 is 56.8 Å². The fraction of sp³-hybridized carbons (Fsp3) is 0.842. The molecule has 1 aliphatic heterocycles. The summed E-state index contributed by atoms with van der Waals surface area (Å²) < 4.78 is 53.7. The molecule has 51 heavy (non-hydrogen) atoms. The van der Waals surface area contributed by atoms with Crippen LogP contribution >= 0.6 is 0 Å². The molecule has 6 atom stereocenters. The lowest BCUT2D eigenvalue weighted by Gasteiger charge is -2.40. The van der Waals surface area contributed by atoms with E-state index in [4.69, 9.17) is 18.9 Å². The zero-order valence-corrected chi connectivity index (χ0v) is 32.0. The number of ether oxygens (including phenoxy) is 4. The Morgan fingerprint density at radius 3 is 1.76 bits per heavy atom. The third-order valence-electron chi connectivity index (χ3n) is 8.78. The molecule has 4 N–H and O–H groups in total. The van der Waals surface area contributed by atoms with Crippen LogP contribution in [0, 0.1) is 0 Å². The molecule has 12 nitrogen and oxygen atoms in total. The van der Waals surface area contributed by atoms with Gasteiger partial charge in [0, 0.05) is 12.8 Å². The first-order valence-corrected chi connectivity index (χ1v) is 21.0. The number of rotatable bonds is 31. The van der Waals surface area contributed by atoms with Gasteiger partial charge in [-0.3, -0.25) is 14.1 Å². The fourth-order valence-corrected chi connectivity index (χ4v) is 6.40. The SMILES string of the molecule is CCCCCCCC/C=C/C/C=C/CCCCC(=O)OC[C@H](CO[C@H]1O[C@H](CS(=O)(=O)O)[C@@H](O)C(O)C1O)OC(=O)CCCCCCCCCC. The summed E-state index contributed by atoms with van der Waals surface area (Å²) in [6.07, 6.45) is 19.8. The van der Waals surface area contributed by atoms with Crippen LogP contribution in [-0.2, 0) is 38.7 Å². The Kier molecular flexibility index (Phi) is 27.3. The minimum Gasteiger partial charge on any atom is -0.462 e. The predicted octanol–water partition coefficient (Wildman–Crippen LogP) is 6.50. The minimum absolute atomic E-state index is 0.158. The van der Waals surface area contributed by atoms with Crippen LogP contribution < -0.4 is 0 Å². The molecule has 0 aromatic rings. The van der Waals surface area contributed by atoms with Gasteiger partial charge in [-0.15, -0.1) is 0 Å². The van der Waals surface area contributed by atoms with Crippen molar-refractivity contribution in [2.75, 3.05) is 19.0 Å². The molecular weight excluding hydrogens is 680 g/mol. The van der Waals surface area contributed by atoms with Crippen molar-refractivity contribution in [3.8, 4) is 0 Å². The molecule has 1 saturated heterocycles. The maximum Gasteiger partial charge on any atom is 0.306 e. The third kappa shape index (κ3) is 24.9. The molecule has 0 aliphatic carbocycles. The van der Waals surface area contributed by atoms with Gasteiger partial charge in [0.05, 0.1) is 6.61 Å². The quantitative estimate of drug-likeness (QED) is 0.0262. The van der Waals surface area contributed by atoms with Crippen molar-refractivity contribution in [3.63, 3.8) is 0 Å². The number of unbranched alkanes of at least 4 members (excludes halogenated alkanes) is 15. The number of carbonyl (C=O) groups excluding carboxylic acids is 2. The maximum absolute atomic E-state index is 12.6. The van der Waals surface area contributed by atoms with Crippen LogP contribution in [0.5, 0.6) is 0 Å². The van der Waals surface area contributed by atoms with Crippen molar-refractivity contribution in [1.82, 2.24) is 0 Å². The number of esters is 2. The maximum atomic E-state index is 12.6. The number of hydrogen-bond donors (Lipinski definition) is 4. The number of aliphatic hydroxyl groups is 3. The molecule has 0 radical (unpaired) electrons. The molecule has 13 heteroatoms. The molecule has 1 heterocycles. The highest BCUT2D eigenvalue weighted by Gasteiger charge is 2.46. The highest BCUT2D eigenvalue weighted by Crippen LogP contribution is 2.24. The van der Waals surface area contributed by atoms with Crippen LogP contribution in [0.15, 0.2) is 24.3 Å².